The van der Waals surface area contributed by atoms with Crippen LogP contribution in [-0.2, 0) is 21.2 Å². The first-order valence-electron chi connectivity index (χ1n) is 7.43. The van der Waals surface area contributed by atoms with E-state index >= 15 is 0 Å². The van der Waals surface area contributed by atoms with Gasteiger partial charge in [-0.25, -0.2) is 13.1 Å². The van der Waals surface area contributed by atoms with E-state index in [1.807, 2.05) is 30.3 Å². The summed E-state index contributed by atoms with van der Waals surface area (Å²) < 4.78 is 26.2. The molecule has 2 rings (SSSR count). The molecule has 7 heteroatoms. The summed E-state index contributed by atoms with van der Waals surface area (Å²) >= 11 is 5.98. The minimum absolute atomic E-state index is 0.0690. The van der Waals surface area contributed by atoms with Crippen molar-refractivity contribution in [3.8, 4) is 0 Å². The van der Waals surface area contributed by atoms with Gasteiger partial charge in [0.15, 0.2) is 0 Å². The van der Waals surface area contributed by atoms with Crippen molar-refractivity contribution >= 4 is 33.2 Å². The zero-order chi connectivity index (χ0) is 17.6. The third-order valence-electron chi connectivity index (χ3n) is 3.50. The van der Waals surface area contributed by atoms with E-state index in [4.69, 9.17) is 11.6 Å². The Bertz CT molecular complexity index is 808. The van der Waals surface area contributed by atoms with Crippen molar-refractivity contribution < 1.29 is 13.2 Å². The lowest BCUT2D eigenvalue weighted by Crippen LogP contribution is -2.34. The van der Waals surface area contributed by atoms with Gasteiger partial charge in [-0.15, -0.1) is 0 Å². The molecule has 1 amide bonds. The summed E-state index contributed by atoms with van der Waals surface area (Å²) in [6.45, 7) is 1.46. The molecule has 2 aromatic carbocycles. The van der Waals surface area contributed by atoms with E-state index in [0.29, 0.717) is 17.1 Å². The second kappa shape index (κ2) is 8.28. The normalized spacial score (nSPS) is 11.2. The fraction of sp³-hybridized carbons (Fsp3) is 0.235. The molecule has 0 saturated heterocycles. The highest BCUT2D eigenvalue weighted by molar-refractivity contribution is 7.89. The Kier molecular flexibility index (Phi) is 6.36. The van der Waals surface area contributed by atoms with Crippen LogP contribution in [0.3, 0.4) is 0 Å². The van der Waals surface area contributed by atoms with Crippen molar-refractivity contribution in [2.45, 2.75) is 13.3 Å². The quantitative estimate of drug-likeness (QED) is 0.791. The number of hydrogen-bond donors (Lipinski definition) is 2. The SMILES string of the molecule is Cc1c(Cl)cccc1NC(=O)CNS(=O)(=O)CCc1ccccc1. The van der Waals surface area contributed by atoms with Gasteiger partial charge in [-0.05, 0) is 36.6 Å². The standard InChI is InChI=1S/C17H19ClN2O3S/c1-13-15(18)8-5-9-16(13)20-17(21)12-19-24(22,23)11-10-14-6-3-2-4-7-14/h2-9,19H,10-12H2,1H3,(H,20,21). The molecule has 128 valence electrons. The highest BCUT2D eigenvalue weighted by Gasteiger charge is 2.13. The van der Waals surface area contributed by atoms with Gasteiger partial charge in [0.05, 0.1) is 12.3 Å². The molecule has 5 nitrogen and oxygen atoms in total. The number of carbonyl (C=O) groups excluding carboxylic acids is 1. The highest BCUT2D eigenvalue weighted by Crippen LogP contribution is 2.22. The summed E-state index contributed by atoms with van der Waals surface area (Å²) in [5.41, 5.74) is 2.23. The summed E-state index contributed by atoms with van der Waals surface area (Å²) in [5.74, 6) is -0.510. The number of anilines is 1. The Morgan fingerprint density at radius 3 is 2.50 bits per heavy atom. The number of sulfonamides is 1. The van der Waals surface area contributed by atoms with Crippen LogP contribution in [0.25, 0.3) is 0 Å². The monoisotopic (exact) mass is 366 g/mol. The van der Waals surface area contributed by atoms with Gasteiger partial charge in [0.1, 0.15) is 0 Å². The first-order chi connectivity index (χ1) is 11.4. The molecule has 0 saturated carbocycles. The van der Waals surface area contributed by atoms with E-state index in [0.717, 1.165) is 11.1 Å². The summed E-state index contributed by atoms with van der Waals surface area (Å²) in [7, 11) is -3.52. The van der Waals surface area contributed by atoms with Crippen molar-refractivity contribution in [1.29, 1.82) is 0 Å². The third-order valence-corrected chi connectivity index (χ3v) is 5.23. The summed E-state index contributed by atoms with van der Waals surface area (Å²) in [6, 6.07) is 14.5. The van der Waals surface area contributed by atoms with Crippen LogP contribution in [0.4, 0.5) is 5.69 Å². The average molecular weight is 367 g/mol. The number of rotatable bonds is 7. The Balaban J connectivity index is 1.85. The van der Waals surface area contributed by atoms with Gasteiger partial charge < -0.3 is 5.32 Å². The zero-order valence-electron chi connectivity index (χ0n) is 13.3. The van der Waals surface area contributed by atoms with Gasteiger partial charge in [-0.2, -0.15) is 0 Å². The Labute approximate surface area is 147 Å². The van der Waals surface area contributed by atoms with E-state index in [-0.39, 0.29) is 12.3 Å². The van der Waals surface area contributed by atoms with Gasteiger partial charge in [0, 0.05) is 10.7 Å². The number of halogens is 1. The van der Waals surface area contributed by atoms with Crippen molar-refractivity contribution in [2.75, 3.05) is 17.6 Å². The number of hydrogen-bond acceptors (Lipinski definition) is 3. The minimum atomic E-state index is -3.52. The molecule has 0 atom stereocenters. The fourth-order valence-electron chi connectivity index (χ4n) is 2.08. The highest BCUT2D eigenvalue weighted by atomic mass is 35.5. The molecule has 24 heavy (non-hydrogen) atoms. The van der Waals surface area contributed by atoms with Gasteiger partial charge in [0.25, 0.3) is 0 Å². The topological polar surface area (TPSA) is 75.3 Å². The smallest absolute Gasteiger partial charge is 0.239 e. The van der Waals surface area contributed by atoms with Crippen LogP contribution in [0.15, 0.2) is 48.5 Å². The van der Waals surface area contributed by atoms with Gasteiger partial charge in [-0.3, -0.25) is 4.79 Å². The maximum absolute atomic E-state index is 12.0. The van der Waals surface area contributed by atoms with E-state index < -0.39 is 15.9 Å². The number of carbonyl (C=O) groups is 1. The predicted octanol–water partition coefficient (Wildman–Crippen LogP) is 2.75. The summed E-state index contributed by atoms with van der Waals surface area (Å²) in [4.78, 5) is 11.9. The van der Waals surface area contributed by atoms with Crippen LogP contribution >= 0.6 is 11.6 Å². The lowest BCUT2D eigenvalue weighted by molar-refractivity contribution is -0.115. The summed E-state index contributed by atoms with van der Waals surface area (Å²) in [5, 5.41) is 3.19. The van der Waals surface area contributed by atoms with Gasteiger partial charge in [-0.1, -0.05) is 48.0 Å². The van der Waals surface area contributed by atoms with E-state index in [2.05, 4.69) is 10.0 Å². The maximum atomic E-state index is 12.0. The Morgan fingerprint density at radius 2 is 1.79 bits per heavy atom. The molecular weight excluding hydrogens is 348 g/mol. The number of benzene rings is 2. The van der Waals surface area contributed by atoms with Crippen LogP contribution in [0.1, 0.15) is 11.1 Å². The predicted molar refractivity (Wildman–Crippen MR) is 96.8 cm³/mol. The molecule has 0 heterocycles. The largest absolute Gasteiger partial charge is 0.325 e. The first-order valence-corrected chi connectivity index (χ1v) is 9.46. The van der Waals surface area contributed by atoms with Crippen molar-refractivity contribution in [2.24, 2.45) is 0 Å². The van der Waals surface area contributed by atoms with Crippen molar-refractivity contribution in [3.05, 3.63) is 64.7 Å². The van der Waals surface area contributed by atoms with Gasteiger partial charge >= 0.3 is 0 Å². The van der Waals surface area contributed by atoms with Crippen molar-refractivity contribution in [3.63, 3.8) is 0 Å². The Morgan fingerprint density at radius 1 is 1.08 bits per heavy atom. The van der Waals surface area contributed by atoms with Gasteiger partial charge in [0.2, 0.25) is 15.9 Å². The second-order valence-corrected chi connectivity index (χ2v) is 7.67. The second-order valence-electron chi connectivity index (χ2n) is 5.34. The maximum Gasteiger partial charge on any atom is 0.239 e. The zero-order valence-corrected chi connectivity index (χ0v) is 14.8. The molecule has 2 aromatic rings. The molecule has 0 spiro atoms. The van der Waals surface area contributed by atoms with Crippen LogP contribution < -0.4 is 10.0 Å². The van der Waals surface area contributed by atoms with E-state index in [9.17, 15) is 13.2 Å². The van der Waals surface area contributed by atoms with Crippen LogP contribution in [0.2, 0.25) is 5.02 Å². The molecule has 0 unspecified atom stereocenters. The molecule has 2 N–H and O–H groups in total. The molecule has 0 aliphatic carbocycles. The minimum Gasteiger partial charge on any atom is -0.325 e. The lowest BCUT2D eigenvalue weighted by atomic mass is 10.2. The van der Waals surface area contributed by atoms with Crippen molar-refractivity contribution in [1.82, 2.24) is 4.72 Å². The molecule has 0 aromatic heterocycles. The number of amides is 1. The molecule has 0 aliphatic rings. The molecule has 0 bridgehead atoms. The number of nitrogens with one attached hydrogen (secondary N) is 2. The van der Waals surface area contributed by atoms with Crippen LogP contribution in [0.5, 0.6) is 0 Å². The lowest BCUT2D eigenvalue weighted by Gasteiger charge is -2.10. The fourth-order valence-corrected chi connectivity index (χ4v) is 3.26. The summed E-state index contributed by atoms with van der Waals surface area (Å²) in [6.07, 6.45) is 0.394. The molecule has 0 radical (unpaired) electrons. The average Bonchev–Trinajstić information content (AvgIpc) is 2.57. The first kappa shape index (κ1) is 18.4. The third kappa shape index (κ3) is 5.63. The molecule has 0 fully saturated rings. The Hall–Kier alpha value is -1.89. The molecular formula is C17H19ClN2O3S. The van der Waals surface area contributed by atoms with Crippen LogP contribution in [-0.4, -0.2) is 26.6 Å². The van der Waals surface area contributed by atoms with E-state index in [1.54, 1.807) is 25.1 Å². The van der Waals surface area contributed by atoms with Crippen LogP contribution in [0, 0.1) is 6.92 Å². The number of aryl methyl sites for hydroxylation is 1. The molecule has 0 aliphatic heterocycles. The van der Waals surface area contributed by atoms with E-state index in [1.165, 1.54) is 0 Å².